The van der Waals surface area contributed by atoms with Crippen molar-refractivity contribution in [3.05, 3.63) is 59.0 Å². The van der Waals surface area contributed by atoms with Gasteiger partial charge in [0.05, 0.1) is 10.3 Å². The van der Waals surface area contributed by atoms with E-state index in [2.05, 4.69) is 46.4 Å². The maximum Gasteiger partial charge on any atom is 0.275 e. The number of hydrogen-bond donors (Lipinski definition) is 1. The van der Waals surface area contributed by atoms with Crippen LogP contribution in [0.3, 0.4) is 0 Å². The van der Waals surface area contributed by atoms with E-state index in [-0.39, 0.29) is 18.3 Å². The van der Waals surface area contributed by atoms with E-state index < -0.39 is 5.91 Å². The Labute approximate surface area is 277 Å². The molecule has 238 valence electrons. The third-order valence-corrected chi connectivity index (χ3v) is 10.1. The summed E-state index contributed by atoms with van der Waals surface area (Å²) in [5.74, 6) is 1.02. The summed E-state index contributed by atoms with van der Waals surface area (Å²) in [6.45, 7) is 11.8. The van der Waals surface area contributed by atoms with Gasteiger partial charge in [-0.1, -0.05) is 6.07 Å². The molecule has 1 saturated heterocycles. The van der Waals surface area contributed by atoms with E-state index in [9.17, 15) is 9.59 Å². The number of likely N-dealkylation sites (N-methyl/N-ethyl adjacent to an activating group) is 1. The van der Waals surface area contributed by atoms with Crippen molar-refractivity contribution in [2.45, 2.75) is 13.8 Å². The summed E-state index contributed by atoms with van der Waals surface area (Å²) in [5, 5.41) is 3.78. The fourth-order valence-corrected chi connectivity index (χ4v) is 7.23. The van der Waals surface area contributed by atoms with Gasteiger partial charge >= 0.3 is 0 Å². The number of rotatable bonds is 11. The number of hydrogen-bond acceptors (Lipinski definition) is 11. The third-order valence-electron chi connectivity index (χ3n) is 7.97. The van der Waals surface area contributed by atoms with Crippen LogP contribution >= 0.6 is 35.1 Å². The summed E-state index contributed by atoms with van der Waals surface area (Å²) in [5.41, 5.74) is 5.41. The number of amides is 2. The van der Waals surface area contributed by atoms with Gasteiger partial charge in [-0.25, -0.2) is 9.97 Å². The molecule has 13 heteroatoms. The molecule has 10 nitrogen and oxygen atoms in total. The Morgan fingerprint density at radius 3 is 2.31 bits per heavy atom. The largest absolute Gasteiger partial charge is 0.492 e. The number of hydrazine groups is 1. The lowest BCUT2D eigenvalue weighted by molar-refractivity contribution is -0.135. The zero-order valence-electron chi connectivity index (χ0n) is 25.9. The van der Waals surface area contributed by atoms with Gasteiger partial charge in [0.25, 0.3) is 11.8 Å². The van der Waals surface area contributed by atoms with Crippen LogP contribution in [-0.4, -0.2) is 108 Å². The summed E-state index contributed by atoms with van der Waals surface area (Å²) in [6, 6.07) is 12.1. The van der Waals surface area contributed by atoms with Crippen LogP contribution in [0, 0.1) is 6.92 Å². The summed E-state index contributed by atoms with van der Waals surface area (Å²) in [7, 11) is 4.24. The van der Waals surface area contributed by atoms with Crippen molar-refractivity contribution >= 4 is 62.9 Å². The molecule has 0 aliphatic carbocycles. The Bertz CT molecular complexity index is 1680. The highest BCUT2D eigenvalue weighted by Crippen LogP contribution is 2.42. The number of aryl methyl sites for hydroxylation is 1. The molecule has 4 aromatic rings. The second-order valence-electron chi connectivity index (χ2n) is 11.4. The van der Waals surface area contributed by atoms with Crippen molar-refractivity contribution in [2.75, 3.05) is 71.9 Å². The van der Waals surface area contributed by atoms with Crippen molar-refractivity contribution in [3.8, 4) is 26.9 Å². The fraction of sp³-hybridized carbons (Fsp3) is 0.375. The molecule has 0 atom stereocenters. The van der Waals surface area contributed by atoms with E-state index in [4.69, 9.17) is 14.7 Å². The molecular weight excluding hydrogens is 630 g/mol. The summed E-state index contributed by atoms with van der Waals surface area (Å²) < 4.78 is 6.11. The van der Waals surface area contributed by atoms with E-state index in [0.717, 1.165) is 87.7 Å². The van der Waals surface area contributed by atoms with E-state index >= 15 is 0 Å². The van der Waals surface area contributed by atoms with Crippen LogP contribution in [0.25, 0.3) is 31.4 Å². The minimum atomic E-state index is -0.414. The molecule has 5 heterocycles. The number of nitrogens with one attached hydrogen (secondary N) is 1. The smallest absolute Gasteiger partial charge is 0.275 e. The lowest BCUT2D eigenvalue weighted by atomic mass is 10.1. The van der Waals surface area contributed by atoms with Crippen LogP contribution in [0.2, 0.25) is 0 Å². The molecule has 2 amide bonds. The van der Waals surface area contributed by atoms with Gasteiger partial charge in [0.1, 0.15) is 17.2 Å². The van der Waals surface area contributed by atoms with Crippen molar-refractivity contribution in [3.63, 3.8) is 0 Å². The van der Waals surface area contributed by atoms with Crippen molar-refractivity contribution in [1.29, 1.82) is 0 Å². The van der Waals surface area contributed by atoms with Gasteiger partial charge in [0, 0.05) is 62.3 Å². The molecule has 0 radical (unpaired) electrons. The molecule has 6 rings (SSSR count). The highest BCUT2D eigenvalue weighted by atomic mass is 35.5. The summed E-state index contributed by atoms with van der Waals surface area (Å²) in [6.07, 6.45) is 1.33. The van der Waals surface area contributed by atoms with E-state index in [1.165, 1.54) is 17.4 Å². The van der Waals surface area contributed by atoms with Gasteiger partial charge in [-0.2, -0.15) is 5.01 Å². The number of ether oxygens (including phenoxy) is 1. The highest BCUT2D eigenvalue weighted by Gasteiger charge is 2.30. The summed E-state index contributed by atoms with van der Waals surface area (Å²) >= 11 is 3.11. The van der Waals surface area contributed by atoms with Crippen molar-refractivity contribution in [1.82, 2.24) is 29.7 Å². The predicted octanol–water partition coefficient (Wildman–Crippen LogP) is 5.02. The second kappa shape index (κ2) is 14.4. The normalized spacial score (nSPS) is 16.0. The zero-order chi connectivity index (χ0) is 30.8. The van der Waals surface area contributed by atoms with Crippen LogP contribution in [0.5, 0.6) is 5.75 Å². The first-order valence-electron chi connectivity index (χ1n) is 14.8. The van der Waals surface area contributed by atoms with Gasteiger partial charge in [0.15, 0.2) is 11.6 Å². The number of anilines is 1. The minimum Gasteiger partial charge on any atom is -0.492 e. The Morgan fingerprint density at radius 1 is 0.978 bits per heavy atom. The molecular formula is C32H38ClN7O3S2. The Balaban J connectivity index is 0.00000400. The number of aromatic nitrogens is 2. The second-order valence-corrected chi connectivity index (χ2v) is 13.3. The number of benzene rings is 1. The molecule has 1 aromatic carbocycles. The van der Waals surface area contributed by atoms with E-state index in [0.29, 0.717) is 23.8 Å². The highest BCUT2D eigenvalue weighted by molar-refractivity contribution is 7.22. The Kier molecular flexibility index (Phi) is 10.5. The Hall–Kier alpha value is -3.39. The number of nitrogens with zero attached hydrogens (tertiary/aromatic N) is 6. The number of carbonyl (C=O) groups excluding carboxylic acids is 2. The molecule has 2 aliphatic rings. The average Bonchev–Trinajstić information content (AvgIpc) is 3.73. The van der Waals surface area contributed by atoms with Crippen LogP contribution < -0.4 is 10.2 Å². The van der Waals surface area contributed by atoms with Crippen molar-refractivity contribution < 1.29 is 14.3 Å². The zero-order valence-corrected chi connectivity index (χ0v) is 28.4. The van der Waals surface area contributed by atoms with Gasteiger partial charge in [-0.05, 0) is 74.8 Å². The Morgan fingerprint density at radius 2 is 1.69 bits per heavy atom. The predicted molar refractivity (Wildman–Crippen MR) is 184 cm³/mol. The van der Waals surface area contributed by atoms with Gasteiger partial charge in [-0.15, -0.1) is 35.1 Å². The lowest BCUT2D eigenvalue weighted by Crippen LogP contribution is -2.48. The molecule has 45 heavy (non-hydrogen) atoms. The van der Waals surface area contributed by atoms with Crippen LogP contribution in [-0.2, 0) is 9.59 Å². The quantitative estimate of drug-likeness (QED) is 0.222. The first-order chi connectivity index (χ1) is 21.3. The lowest BCUT2D eigenvalue weighted by Gasteiger charge is -2.35. The molecule has 2 aliphatic heterocycles. The molecule has 0 saturated carbocycles. The monoisotopic (exact) mass is 667 g/mol. The number of imide groups is 1. The first kappa shape index (κ1) is 33.0. The molecule has 0 unspecified atom stereocenters. The molecule has 3 aromatic heterocycles. The molecule has 0 bridgehead atoms. The number of halogens is 1. The maximum atomic E-state index is 12.7. The summed E-state index contributed by atoms with van der Waals surface area (Å²) in [4.78, 5) is 44.8. The van der Waals surface area contributed by atoms with Crippen LogP contribution in [0.4, 0.5) is 5.82 Å². The minimum absolute atomic E-state index is 0. The van der Waals surface area contributed by atoms with Crippen LogP contribution in [0.15, 0.2) is 53.4 Å². The van der Waals surface area contributed by atoms with Gasteiger partial charge in [-0.3, -0.25) is 24.8 Å². The third kappa shape index (κ3) is 7.37. The number of fused-ring (bicyclic) bond motifs is 1. The fourth-order valence-electron chi connectivity index (χ4n) is 5.38. The number of thiophene rings is 2. The molecule has 1 fully saturated rings. The van der Waals surface area contributed by atoms with Crippen LogP contribution in [0.1, 0.15) is 12.5 Å². The standard InChI is InChI=1S/C32H37N7O3S2.ClH/c1-21-20-26(40)39(32(21)41)35-30-27-22(2)28(44-31(27)34-29(33-30)25-6-5-19-43-25)23-7-9-24(10-8-23)42-18-17-38-15-13-37(14-16-38)12-11-36(3)4;/h5-10,19-20H,11-18H2,1-4H3,(H,33,34,35);1H. The average molecular weight is 668 g/mol. The maximum absolute atomic E-state index is 12.7. The van der Waals surface area contributed by atoms with E-state index in [1.54, 1.807) is 18.3 Å². The van der Waals surface area contributed by atoms with Gasteiger partial charge in [0.2, 0.25) is 0 Å². The molecule has 1 N–H and O–H groups in total. The topological polar surface area (TPSA) is 94.1 Å². The van der Waals surface area contributed by atoms with Crippen molar-refractivity contribution in [2.24, 2.45) is 0 Å². The number of piperazine rings is 1. The van der Waals surface area contributed by atoms with Gasteiger partial charge < -0.3 is 9.64 Å². The van der Waals surface area contributed by atoms with E-state index in [1.807, 2.05) is 36.6 Å². The SMILES string of the molecule is CC1=CC(=O)N(Nc2nc(-c3cccs3)nc3sc(-c4ccc(OCCN5CCN(CCN(C)C)CC5)cc4)c(C)c23)C1=O.Cl. The number of carbonyl (C=O) groups is 2. The molecule has 0 spiro atoms. The first-order valence-corrected chi connectivity index (χ1v) is 16.5.